The second-order valence-corrected chi connectivity index (χ2v) is 6.13. The molecule has 0 aliphatic heterocycles. The van der Waals surface area contributed by atoms with E-state index in [1.165, 1.54) is 17.6 Å². The number of H-pyrrole nitrogens is 1. The number of imidazole rings is 1. The number of hydrogen-bond acceptors (Lipinski definition) is 5. The summed E-state index contributed by atoms with van der Waals surface area (Å²) < 4.78 is 31.1. The highest BCUT2D eigenvalue weighted by Gasteiger charge is 2.26. The molecule has 0 aliphatic carbocycles. The van der Waals surface area contributed by atoms with Crippen LogP contribution in [0.2, 0.25) is 0 Å². The lowest BCUT2D eigenvalue weighted by atomic mass is 10.4. The molecule has 20 heavy (non-hydrogen) atoms. The number of ether oxygens (including phenoxy) is 1. The van der Waals surface area contributed by atoms with Gasteiger partial charge in [-0.1, -0.05) is 6.92 Å². The smallest absolute Gasteiger partial charge is 0.260 e. The van der Waals surface area contributed by atoms with Crippen molar-refractivity contribution in [2.75, 3.05) is 26.8 Å². The Labute approximate surface area is 118 Å². The van der Waals surface area contributed by atoms with Crippen LogP contribution >= 0.6 is 0 Å². The molecule has 0 aromatic carbocycles. The van der Waals surface area contributed by atoms with E-state index in [1.807, 2.05) is 6.92 Å². The Morgan fingerprint density at radius 2 is 2.25 bits per heavy atom. The third-order valence-corrected chi connectivity index (χ3v) is 4.54. The fourth-order valence-electron chi connectivity index (χ4n) is 1.58. The van der Waals surface area contributed by atoms with Gasteiger partial charge in [0.25, 0.3) is 10.0 Å². The second-order valence-electron chi connectivity index (χ2n) is 4.22. The van der Waals surface area contributed by atoms with E-state index in [-0.39, 0.29) is 37.0 Å². The van der Waals surface area contributed by atoms with Crippen LogP contribution in [0, 0.1) is 5.41 Å². The molecular formula is C11H21N5O3S. The van der Waals surface area contributed by atoms with Gasteiger partial charge in [0.2, 0.25) is 0 Å². The molecule has 0 fully saturated rings. The van der Waals surface area contributed by atoms with Gasteiger partial charge in [0, 0.05) is 33.0 Å². The molecule has 0 bridgehead atoms. The zero-order chi connectivity index (χ0) is 15.2. The number of amidine groups is 1. The van der Waals surface area contributed by atoms with Gasteiger partial charge in [-0.2, -0.15) is 4.31 Å². The molecule has 0 amide bonds. The number of nitrogens with one attached hydrogen (secondary N) is 2. The summed E-state index contributed by atoms with van der Waals surface area (Å²) in [6.07, 6.45) is 2.11. The second kappa shape index (κ2) is 7.36. The van der Waals surface area contributed by atoms with E-state index in [0.717, 1.165) is 0 Å². The maximum atomic E-state index is 12.5. The lowest BCUT2D eigenvalue weighted by Gasteiger charge is -2.20. The molecular weight excluding hydrogens is 282 g/mol. The van der Waals surface area contributed by atoms with E-state index in [1.54, 1.807) is 0 Å². The molecule has 114 valence electrons. The lowest BCUT2D eigenvalue weighted by Crippen LogP contribution is -2.36. The Balaban J connectivity index is 2.93. The summed E-state index contributed by atoms with van der Waals surface area (Å²) in [4.78, 5) is 6.78. The summed E-state index contributed by atoms with van der Waals surface area (Å²) in [5, 5.41) is 7.26. The molecule has 0 spiro atoms. The summed E-state index contributed by atoms with van der Waals surface area (Å²) >= 11 is 0. The normalized spacial score (nSPS) is 11.9. The Morgan fingerprint density at radius 1 is 1.55 bits per heavy atom. The molecule has 0 aliphatic rings. The third-order valence-electron chi connectivity index (χ3n) is 2.73. The topological polar surface area (TPSA) is 125 Å². The van der Waals surface area contributed by atoms with E-state index < -0.39 is 10.0 Å². The number of aryl methyl sites for hydroxylation is 1. The maximum absolute atomic E-state index is 12.5. The average Bonchev–Trinajstić information content (AvgIpc) is 2.87. The van der Waals surface area contributed by atoms with Gasteiger partial charge in [0.05, 0.1) is 18.6 Å². The number of aromatic nitrogens is 2. The minimum Gasteiger partial charge on any atom is -0.388 e. The molecule has 1 heterocycles. The van der Waals surface area contributed by atoms with Crippen molar-refractivity contribution < 1.29 is 13.2 Å². The van der Waals surface area contributed by atoms with Crippen molar-refractivity contribution >= 4 is 15.9 Å². The van der Waals surface area contributed by atoms with Crippen molar-refractivity contribution in [3.8, 4) is 0 Å². The molecule has 0 saturated heterocycles. The van der Waals surface area contributed by atoms with Crippen LogP contribution in [0.15, 0.2) is 11.2 Å². The monoisotopic (exact) mass is 303 g/mol. The summed E-state index contributed by atoms with van der Waals surface area (Å²) in [5.74, 6) is 0.559. The number of rotatable bonds is 9. The van der Waals surface area contributed by atoms with E-state index in [4.69, 9.17) is 15.9 Å². The SMILES string of the molecule is CCc1ncc(S(=O)(=O)N(CCOC)CCC(=N)N)[nH]1. The van der Waals surface area contributed by atoms with Crippen LogP contribution in [-0.2, 0) is 21.2 Å². The minimum atomic E-state index is -3.68. The first-order chi connectivity index (χ1) is 9.41. The molecule has 1 aromatic heterocycles. The van der Waals surface area contributed by atoms with Crippen LogP contribution in [-0.4, -0.2) is 55.3 Å². The first-order valence-corrected chi connectivity index (χ1v) is 7.71. The van der Waals surface area contributed by atoms with Gasteiger partial charge in [0.1, 0.15) is 5.82 Å². The Kier molecular flexibility index (Phi) is 6.11. The molecule has 4 N–H and O–H groups in total. The van der Waals surface area contributed by atoms with Gasteiger partial charge in [-0.3, -0.25) is 5.41 Å². The van der Waals surface area contributed by atoms with Crippen molar-refractivity contribution in [2.24, 2.45) is 5.73 Å². The first-order valence-electron chi connectivity index (χ1n) is 6.27. The van der Waals surface area contributed by atoms with Crippen molar-refractivity contribution in [3.05, 3.63) is 12.0 Å². The molecule has 0 atom stereocenters. The fraction of sp³-hybridized carbons (Fsp3) is 0.636. The number of nitrogens with two attached hydrogens (primary N) is 1. The number of hydrogen-bond donors (Lipinski definition) is 3. The highest BCUT2D eigenvalue weighted by atomic mass is 32.2. The largest absolute Gasteiger partial charge is 0.388 e. The van der Waals surface area contributed by atoms with Crippen molar-refractivity contribution in [1.82, 2.24) is 14.3 Å². The standard InChI is InChI=1S/C11H21N5O3S/c1-3-10-14-8-11(15-10)20(17,18)16(6-7-19-2)5-4-9(12)13/h8H,3-7H2,1-2H3,(H3,12,13)(H,14,15). The predicted octanol–water partition coefficient (Wildman–Crippen LogP) is -0.0647. The molecule has 1 aromatic rings. The summed E-state index contributed by atoms with van der Waals surface area (Å²) in [6.45, 7) is 2.49. The molecule has 1 rings (SSSR count). The highest BCUT2D eigenvalue weighted by molar-refractivity contribution is 7.89. The van der Waals surface area contributed by atoms with Crippen molar-refractivity contribution in [1.29, 1.82) is 5.41 Å². The number of nitrogens with zero attached hydrogens (tertiary/aromatic N) is 2. The van der Waals surface area contributed by atoms with Gasteiger partial charge < -0.3 is 15.5 Å². The zero-order valence-electron chi connectivity index (χ0n) is 11.7. The van der Waals surface area contributed by atoms with Crippen LogP contribution in [0.5, 0.6) is 0 Å². The first kappa shape index (κ1) is 16.6. The minimum absolute atomic E-state index is 0.0500. The Bertz CT molecular complexity index is 540. The van der Waals surface area contributed by atoms with Gasteiger partial charge in [-0.25, -0.2) is 13.4 Å². The third kappa shape index (κ3) is 4.29. The van der Waals surface area contributed by atoms with Crippen LogP contribution in [0.4, 0.5) is 0 Å². The average molecular weight is 303 g/mol. The van der Waals surface area contributed by atoms with Crippen LogP contribution < -0.4 is 5.73 Å². The van der Waals surface area contributed by atoms with Gasteiger partial charge in [-0.05, 0) is 0 Å². The predicted molar refractivity (Wildman–Crippen MR) is 75.1 cm³/mol. The van der Waals surface area contributed by atoms with Crippen molar-refractivity contribution in [2.45, 2.75) is 24.8 Å². The molecule has 9 heteroatoms. The van der Waals surface area contributed by atoms with E-state index in [0.29, 0.717) is 12.2 Å². The molecule has 0 radical (unpaired) electrons. The van der Waals surface area contributed by atoms with Gasteiger partial charge in [0.15, 0.2) is 5.03 Å². The lowest BCUT2D eigenvalue weighted by molar-refractivity contribution is 0.179. The highest BCUT2D eigenvalue weighted by Crippen LogP contribution is 2.14. The summed E-state index contributed by atoms with van der Waals surface area (Å²) in [7, 11) is -2.17. The number of aromatic amines is 1. The molecule has 0 saturated carbocycles. The van der Waals surface area contributed by atoms with Crippen LogP contribution in [0.3, 0.4) is 0 Å². The quantitative estimate of drug-likeness (QED) is 0.435. The summed E-state index contributed by atoms with van der Waals surface area (Å²) in [5.41, 5.74) is 5.29. The molecule has 0 unspecified atom stereocenters. The van der Waals surface area contributed by atoms with Gasteiger partial charge >= 0.3 is 0 Å². The molecule has 8 nitrogen and oxygen atoms in total. The van der Waals surface area contributed by atoms with E-state index in [2.05, 4.69) is 9.97 Å². The zero-order valence-corrected chi connectivity index (χ0v) is 12.5. The van der Waals surface area contributed by atoms with Crippen LogP contribution in [0.25, 0.3) is 0 Å². The summed E-state index contributed by atoms with van der Waals surface area (Å²) in [6, 6.07) is 0. The van der Waals surface area contributed by atoms with E-state index >= 15 is 0 Å². The Hall–Kier alpha value is -1.45. The van der Waals surface area contributed by atoms with E-state index in [9.17, 15) is 8.42 Å². The number of methoxy groups -OCH3 is 1. The fourth-order valence-corrected chi connectivity index (χ4v) is 2.94. The Morgan fingerprint density at radius 3 is 2.75 bits per heavy atom. The maximum Gasteiger partial charge on any atom is 0.260 e. The van der Waals surface area contributed by atoms with Crippen molar-refractivity contribution in [3.63, 3.8) is 0 Å². The van der Waals surface area contributed by atoms with Crippen LogP contribution in [0.1, 0.15) is 19.2 Å². The van der Waals surface area contributed by atoms with Gasteiger partial charge in [-0.15, -0.1) is 0 Å². The number of sulfonamides is 1.